The Morgan fingerprint density at radius 2 is 2.04 bits per heavy atom. The van der Waals surface area contributed by atoms with Gasteiger partial charge in [-0.25, -0.2) is 4.79 Å². The van der Waals surface area contributed by atoms with Crippen molar-refractivity contribution in [2.75, 3.05) is 6.54 Å². The number of nitrogens with zero attached hydrogens (tertiary/aromatic N) is 2. The minimum Gasteiger partial charge on any atom is -0.481 e. The maximum atomic E-state index is 11.7. The van der Waals surface area contributed by atoms with E-state index in [1.165, 1.54) is 0 Å². The molecule has 24 heavy (non-hydrogen) atoms. The van der Waals surface area contributed by atoms with Crippen molar-refractivity contribution >= 4 is 12.0 Å². The van der Waals surface area contributed by atoms with E-state index in [0.717, 1.165) is 5.56 Å². The zero-order valence-corrected chi connectivity index (χ0v) is 13.4. The molecule has 0 saturated heterocycles. The summed E-state index contributed by atoms with van der Waals surface area (Å²) in [5.74, 6) is -0.0179. The number of hydrogen-bond acceptors (Lipinski definition) is 5. The number of carbonyl (C=O) groups is 2. The zero-order chi connectivity index (χ0) is 17.4. The molecule has 1 heterocycles. The van der Waals surface area contributed by atoms with Crippen LogP contribution in [0.3, 0.4) is 0 Å². The van der Waals surface area contributed by atoms with Crippen LogP contribution in [0.1, 0.15) is 43.1 Å². The summed E-state index contributed by atoms with van der Waals surface area (Å²) in [6, 6.07) is 8.92. The number of carboxylic acids is 1. The SMILES string of the molecule is CC(NC(=O)NCCCC(=O)O)c1nc(Cc2ccccc2)no1. The van der Waals surface area contributed by atoms with E-state index in [4.69, 9.17) is 9.63 Å². The molecular weight excluding hydrogens is 312 g/mol. The van der Waals surface area contributed by atoms with E-state index in [1.54, 1.807) is 6.92 Å². The van der Waals surface area contributed by atoms with Gasteiger partial charge in [-0.3, -0.25) is 4.79 Å². The number of hydrogen-bond donors (Lipinski definition) is 3. The van der Waals surface area contributed by atoms with Gasteiger partial charge in [-0.2, -0.15) is 4.98 Å². The van der Waals surface area contributed by atoms with Gasteiger partial charge in [0.05, 0.1) is 0 Å². The molecule has 8 nitrogen and oxygen atoms in total. The second-order valence-electron chi connectivity index (χ2n) is 5.33. The largest absolute Gasteiger partial charge is 0.481 e. The highest BCUT2D eigenvalue weighted by Gasteiger charge is 2.16. The Kier molecular flexibility index (Phi) is 6.30. The Labute approximate surface area is 139 Å². The Balaban J connectivity index is 1.79. The van der Waals surface area contributed by atoms with Gasteiger partial charge in [0.1, 0.15) is 6.04 Å². The molecule has 1 aromatic carbocycles. The van der Waals surface area contributed by atoms with E-state index in [-0.39, 0.29) is 13.0 Å². The Morgan fingerprint density at radius 1 is 1.29 bits per heavy atom. The van der Waals surface area contributed by atoms with Gasteiger partial charge >= 0.3 is 12.0 Å². The lowest BCUT2D eigenvalue weighted by atomic mass is 10.1. The van der Waals surface area contributed by atoms with E-state index in [1.807, 2.05) is 30.3 Å². The molecule has 2 aromatic rings. The fourth-order valence-electron chi connectivity index (χ4n) is 2.04. The van der Waals surface area contributed by atoms with Crippen LogP contribution < -0.4 is 10.6 Å². The predicted octanol–water partition coefficient (Wildman–Crippen LogP) is 1.89. The first-order valence-corrected chi connectivity index (χ1v) is 7.67. The smallest absolute Gasteiger partial charge is 0.315 e. The average Bonchev–Trinajstić information content (AvgIpc) is 3.01. The van der Waals surface area contributed by atoms with Gasteiger partial charge in [-0.15, -0.1) is 0 Å². The van der Waals surface area contributed by atoms with Crippen LogP contribution in [0.5, 0.6) is 0 Å². The van der Waals surface area contributed by atoms with Crippen molar-refractivity contribution in [3.05, 3.63) is 47.6 Å². The highest BCUT2D eigenvalue weighted by molar-refractivity contribution is 5.74. The van der Waals surface area contributed by atoms with Crippen LogP contribution in [0.25, 0.3) is 0 Å². The van der Waals surface area contributed by atoms with Gasteiger partial charge in [0, 0.05) is 19.4 Å². The van der Waals surface area contributed by atoms with Crippen LogP contribution in [-0.2, 0) is 11.2 Å². The van der Waals surface area contributed by atoms with Crippen molar-refractivity contribution in [1.29, 1.82) is 0 Å². The monoisotopic (exact) mass is 332 g/mol. The number of aliphatic carboxylic acids is 1. The van der Waals surface area contributed by atoms with E-state index in [2.05, 4.69) is 20.8 Å². The minimum atomic E-state index is -0.887. The minimum absolute atomic E-state index is 0.0162. The molecule has 1 aromatic heterocycles. The molecule has 0 bridgehead atoms. The molecule has 0 radical (unpaired) electrons. The predicted molar refractivity (Wildman–Crippen MR) is 85.4 cm³/mol. The maximum absolute atomic E-state index is 11.7. The molecule has 128 valence electrons. The normalized spacial score (nSPS) is 11.7. The lowest BCUT2D eigenvalue weighted by molar-refractivity contribution is -0.137. The number of carboxylic acid groups (broad SMARTS) is 1. The van der Waals surface area contributed by atoms with Crippen LogP contribution in [-0.4, -0.2) is 33.8 Å². The molecule has 2 rings (SSSR count). The number of amides is 2. The molecule has 2 amide bonds. The molecule has 0 aliphatic heterocycles. The number of aromatic nitrogens is 2. The van der Waals surface area contributed by atoms with E-state index < -0.39 is 18.0 Å². The fourth-order valence-corrected chi connectivity index (χ4v) is 2.04. The quantitative estimate of drug-likeness (QED) is 0.635. The summed E-state index contributed by atoms with van der Waals surface area (Å²) in [6.07, 6.45) is 0.944. The van der Waals surface area contributed by atoms with Crippen molar-refractivity contribution in [1.82, 2.24) is 20.8 Å². The third-order valence-corrected chi connectivity index (χ3v) is 3.26. The number of nitrogens with one attached hydrogen (secondary N) is 2. The molecule has 0 saturated carbocycles. The highest BCUT2D eigenvalue weighted by Crippen LogP contribution is 2.12. The first-order valence-electron chi connectivity index (χ1n) is 7.67. The van der Waals surface area contributed by atoms with Crippen LogP contribution in [0, 0.1) is 0 Å². The van der Waals surface area contributed by atoms with Crippen molar-refractivity contribution < 1.29 is 19.2 Å². The van der Waals surface area contributed by atoms with Gasteiger partial charge < -0.3 is 20.3 Å². The van der Waals surface area contributed by atoms with Gasteiger partial charge in [0.2, 0.25) is 5.89 Å². The summed E-state index contributed by atoms with van der Waals surface area (Å²) in [5.41, 5.74) is 1.07. The standard InChI is InChI=1S/C16H20N4O4/c1-11(18-16(23)17-9-5-8-14(21)22)15-19-13(20-24-15)10-12-6-3-2-4-7-12/h2-4,6-7,11H,5,8-10H2,1H3,(H,21,22)(H2,17,18,23). The first kappa shape index (κ1) is 17.5. The number of benzene rings is 1. The second kappa shape index (κ2) is 8.66. The summed E-state index contributed by atoms with van der Waals surface area (Å²) in [6.45, 7) is 2.02. The zero-order valence-electron chi connectivity index (χ0n) is 13.4. The second-order valence-corrected chi connectivity index (χ2v) is 5.33. The lowest BCUT2D eigenvalue weighted by Crippen LogP contribution is -2.37. The van der Waals surface area contributed by atoms with Crippen LogP contribution in [0.4, 0.5) is 4.79 Å². The van der Waals surface area contributed by atoms with Crippen molar-refractivity contribution in [3.63, 3.8) is 0 Å². The van der Waals surface area contributed by atoms with Crippen LogP contribution >= 0.6 is 0 Å². The van der Waals surface area contributed by atoms with E-state index >= 15 is 0 Å². The van der Waals surface area contributed by atoms with Crippen molar-refractivity contribution in [2.45, 2.75) is 32.2 Å². The summed E-state index contributed by atoms with van der Waals surface area (Å²) in [4.78, 5) is 26.4. The molecule has 3 N–H and O–H groups in total. The molecule has 0 aliphatic rings. The molecular formula is C16H20N4O4. The van der Waals surface area contributed by atoms with Gasteiger partial charge in [-0.05, 0) is 18.9 Å². The van der Waals surface area contributed by atoms with E-state index in [0.29, 0.717) is 24.6 Å². The van der Waals surface area contributed by atoms with Crippen molar-refractivity contribution in [3.8, 4) is 0 Å². The fraction of sp³-hybridized carbons (Fsp3) is 0.375. The Morgan fingerprint density at radius 3 is 2.75 bits per heavy atom. The molecule has 1 atom stereocenters. The highest BCUT2D eigenvalue weighted by atomic mass is 16.5. The van der Waals surface area contributed by atoms with Gasteiger partial charge in [0.25, 0.3) is 0 Å². The number of carbonyl (C=O) groups excluding carboxylic acids is 1. The van der Waals surface area contributed by atoms with Crippen LogP contribution in [0.2, 0.25) is 0 Å². The van der Waals surface area contributed by atoms with E-state index in [9.17, 15) is 9.59 Å². The summed E-state index contributed by atoms with van der Waals surface area (Å²) < 4.78 is 5.18. The third-order valence-electron chi connectivity index (χ3n) is 3.26. The number of urea groups is 1. The molecule has 1 unspecified atom stereocenters. The molecule has 0 spiro atoms. The first-order chi connectivity index (χ1) is 11.5. The Bertz CT molecular complexity index is 672. The molecule has 0 fully saturated rings. The average molecular weight is 332 g/mol. The van der Waals surface area contributed by atoms with Gasteiger partial charge in [-0.1, -0.05) is 35.5 Å². The molecule has 8 heteroatoms. The number of rotatable bonds is 8. The van der Waals surface area contributed by atoms with Crippen molar-refractivity contribution in [2.24, 2.45) is 0 Å². The third kappa shape index (κ3) is 5.71. The molecule has 0 aliphatic carbocycles. The summed E-state index contributed by atoms with van der Waals surface area (Å²) in [7, 11) is 0. The lowest BCUT2D eigenvalue weighted by Gasteiger charge is -2.10. The Hall–Kier alpha value is -2.90. The topological polar surface area (TPSA) is 117 Å². The summed E-state index contributed by atoms with van der Waals surface area (Å²) in [5, 5.41) is 17.7. The maximum Gasteiger partial charge on any atom is 0.315 e. The van der Waals surface area contributed by atoms with Gasteiger partial charge in [0.15, 0.2) is 5.82 Å². The summed E-state index contributed by atoms with van der Waals surface area (Å²) >= 11 is 0. The van der Waals surface area contributed by atoms with Crippen LogP contribution in [0.15, 0.2) is 34.9 Å².